The van der Waals surface area contributed by atoms with Gasteiger partial charge >= 0.3 is 0 Å². The molecule has 0 heterocycles. The average molecular weight is 288 g/mol. The zero-order valence-electron chi connectivity index (χ0n) is 11.1. The number of rotatable bonds is 5. The molecule has 0 saturated carbocycles. The first kappa shape index (κ1) is 15.4. The van der Waals surface area contributed by atoms with Gasteiger partial charge in [-0.1, -0.05) is 19.1 Å². The number of anilines is 1. The molecule has 0 aliphatic heterocycles. The average Bonchev–Trinajstić information content (AvgIpc) is 2.35. The Kier molecular flexibility index (Phi) is 4.88. The molecule has 1 aromatic carbocycles. The molecule has 0 unspecified atom stereocenters. The smallest absolute Gasteiger partial charge is 0.243 e. The van der Waals surface area contributed by atoms with Gasteiger partial charge in [-0.15, -0.1) is 0 Å². The summed E-state index contributed by atoms with van der Waals surface area (Å²) in [7, 11) is -2.36. The lowest BCUT2D eigenvalue weighted by atomic mass is 10.2. The van der Waals surface area contributed by atoms with Gasteiger partial charge in [-0.05, 0) is 18.6 Å². The molecule has 5 nitrogen and oxygen atoms in total. The van der Waals surface area contributed by atoms with Gasteiger partial charge in [-0.2, -0.15) is 0 Å². The number of benzene rings is 1. The van der Waals surface area contributed by atoms with Gasteiger partial charge in [0, 0.05) is 7.05 Å². The van der Waals surface area contributed by atoms with Crippen LogP contribution in [0.15, 0.2) is 24.3 Å². The molecule has 0 fully saturated rings. The molecular formula is C12H17FN2O3S. The van der Waals surface area contributed by atoms with Crippen LogP contribution < -0.4 is 9.62 Å². The number of likely N-dealkylation sites (N-methyl/N-ethyl adjacent to an activating group) is 1. The summed E-state index contributed by atoms with van der Waals surface area (Å²) in [6, 6.07) is 4.50. The van der Waals surface area contributed by atoms with Crippen molar-refractivity contribution in [2.24, 2.45) is 0 Å². The first-order valence-corrected chi connectivity index (χ1v) is 7.63. The quantitative estimate of drug-likeness (QED) is 0.883. The van der Waals surface area contributed by atoms with Crippen molar-refractivity contribution >= 4 is 21.6 Å². The zero-order chi connectivity index (χ0) is 14.6. The van der Waals surface area contributed by atoms with Gasteiger partial charge in [0.05, 0.1) is 11.9 Å². The molecule has 0 saturated heterocycles. The standard InChI is InChI=1S/C12H17FN2O3S/c1-4-10(12(16)14-2)15(19(3,17)18)11-8-6-5-7-9(11)13/h5-8,10H,4H2,1-3H3,(H,14,16)/t10-/m1/s1. The van der Waals surface area contributed by atoms with E-state index >= 15 is 0 Å². The van der Waals surface area contributed by atoms with E-state index in [4.69, 9.17) is 0 Å². The van der Waals surface area contributed by atoms with E-state index in [1.165, 1.54) is 25.2 Å². The van der Waals surface area contributed by atoms with Crippen molar-refractivity contribution in [1.82, 2.24) is 5.32 Å². The minimum absolute atomic E-state index is 0.125. The first-order chi connectivity index (χ1) is 8.82. The second-order valence-electron chi connectivity index (χ2n) is 4.05. The SMILES string of the molecule is CC[C@H](C(=O)NC)N(c1ccccc1F)S(C)(=O)=O. The van der Waals surface area contributed by atoms with E-state index in [9.17, 15) is 17.6 Å². The van der Waals surface area contributed by atoms with Crippen LogP contribution in [0.25, 0.3) is 0 Å². The molecule has 0 aliphatic carbocycles. The Bertz CT molecular complexity index is 560. The predicted octanol–water partition coefficient (Wildman–Crippen LogP) is 1.12. The van der Waals surface area contributed by atoms with Crippen LogP contribution in [0.4, 0.5) is 10.1 Å². The highest BCUT2D eigenvalue weighted by Gasteiger charge is 2.32. The molecule has 0 radical (unpaired) electrons. The minimum Gasteiger partial charge on any atom is -0.357 e. The van der Waals surface area contributed by atoms with Crippen LogP contribution in [0.3, 0.4) is 0 Å². The molecular weight excluding hydrogens is 271 g/mol. The zero-order valence-corrected chi connectivity index (χ0v) is 11.9. The van der Waals surface area contributed by atoms with Crippen LogP contribution in [0.2, 0.25) is 0 Å². The summed E-state index contributed by atoms with van der Waals surface area (Å²) in [5.74, 6) is -1.16. The first-order valence-electron chi connectivity index (χ1n) is 5.78. The lowest BCUT2D eigenvalue weighted by Crippen LogP contribution is -2.48. The van der Waals surface area contributed by atoms with Gasteiger partial charge in [0.25, 0.3) is 0 Å². The third-order valence-corrected chi connectivity index (χ3v) is 3.83. The number of carbonyl (C=O) groups excluding carboxylic acids is 1. The van der Waals surface area contributed by atoms with Gasteiger partial charge in [0.2, 0.25) is 15.9 Å². The number of sulfonamides is 1. The van der Waals surface area contributed by atoms with Crippen molar-refractivity contribution in [1.29, 1.82) is 0 Å². The molecule has 1 rings (SSSR count). The number of para-hydroxylation sites is 1. The molecule has 0 bridgehead atoms. The number of amides is 1. The summed E-state index contributed by atoms with van der Waals surface area (Å²) in [5, 5.41) is 2.39. The molecule has 7 heteroatoms. The summed E-state index contributed by atoms with van der Waals surface area (Å²) >= 11 is 0. The molecule has 1 atom stereocenters. The van der Waals surface area contributed by atoms with E-state index in [1.54, 1.807) is 6.92 Å². The molecule has 106 valence electrons. The maximum atomic E-state index is 13.8. The van der Waals surface area contributed by atoms with E-state index in [-0.39, 0.29) is 12.1 Å². The molecule has 1 aromatic rings. The van der Waals surface area contributed by atoms with E-state index in [0.29, 0.717) is 0 Å². The van der Waals surface area contributed by atoms with Gasteiger partial charge in [0.15, 0.2) is 0 Å². The highest BCUT2D eigenvalue weighted by atomic mass is 32.2. The topological polar surface area (TPSA) is 66.5 Å². The van der Waals surface area contributed by atoms with E-state index in [1.807, 2.05) is 0 Å². The van der Waals surface area contributed by atoms with Gasteiger partial charge in [-0.3, -0.25) is 9.10 Å². The molecule has 19 heavy (non-hydrogen) atoms. The van der Waals surface area contributed by atoms with Crippen LogP contribution in [0.1, 0.15) is 13.3 Å². The van der Waals surface area contributed by atoms with Crippen molar-refractivity contribution in [2.75, 3.05) is 17.6 Å². The lowest BCUT2D eigenvalue weighted by molar-refractivity contribution is -0.121. The maximum absolute atomic E-state index is 13.8. The molecule has 0 aliphatic rings. The Balaban J connectivity index is 3.39. The van der Waals surface area contributed by atoms with Gasteiger partial charge < -0.3 is 5.32 Å². The van der Waals surface area contributed by atoms with Gasteiger partial charge in [0.1, 0.15) is 11.9 Å². The van der Waals surface area contributed by atoms with Gasteiger partial charge in [-0.25, -0.2) is 12.8 Å². The van der Waals surface area contributed by atoms with E-state index in [0.717, 1.165) is 16.6 Å². The number of hydrogen-bond acceptors (Lipinski definition) is 3. The number of halogens is 1. The monoisotopic (exact) mass is 288 g/mol. The molecule has 1 N–H and O–H groups in total. The van der Waals surface area contributed by atoms with Crippen molar-refractivity contribution in [2.45, 2.75) is 19.4 Å². The summed E-state index contributed by atoms with van der Waals surface area (Å²) in [5.41, 5.74) is -0.125. The Labute approximate surface area is 112 Å². The molecule has 0 spiro atoms. The van der Waals surface area contributed by atoms with Crippen molar-refractivity contribution < 1.29 is 17.6 Å². The maximum Gasteiger partial charge on any atom is 0.243 e. The third kappa shape index (κ3) is 3.44. The summed E-state index contributed by atoms with van der Waals surface area (Å²) in [6.07, 6.45) is 1.19. The fraction of sp³-hybridized carbons (Fsp3) is 0.417. The van der Waals surface area contributed by atoms with E-state index in [2.05, 4.69) is 5.32 Å². The van der Waals surface area contributed by atoms with Crippen LogP contribution in [-0.2, 0) is 14.8 Å². The number of nitrogens with one attached hydrogen (secondary N) is 1. The van der Waals surface area contributed by atoms with Crippen LogP contribution in [0.5, 0.6) is 0 Å². The van der Waals surface area contributed by atoms with Crippen molar-refractivity contribution in [3.05, 3.63) is 30.1 Å². The fourth-order valence-corrected chi connectivity index (χ4v) is 3.04. The predicted molar refractivity (Wildman–Crippen MR) is 71.9 cm³/mol. The second kappa shape index (κ2) is 6.01. The minimum atomic E-state index is -3.77. The normalized spacial score (nSPS) is 12.8. The lowest BCUT2D eigenvalue weighted by Gasteiger charge is -2.29. The Morgan fingerprint density at radius 1 is 1.42 bits per heavy atom. The van der Waals surface area contributed by atoms with Crippen LogP contribution in [0, 0.1) is 5.82 Å². The second-order valence-corrected chi connectivity index (χ2v) is 5.91. The summed E-state index contributed by atoms with van der Waals surface area (Å²) < 4.78 is 38.4. The number of hydrogen-bond donors (Lipinski definition) is 1. The van der Waals surface area contributed by atoms with Crippen molar-refractivity contribution in [3.8, 4) is 0 Å². The van der Waals surface area contributed by atoms with Crippen molar-refractivity contribution in [3.63, 3.8) is 0 Å². The highest BCUT2D eigenvalue weighted by Crippen LogP contribution is 2.25. The number of nitrogens with zero attached hydrogens (tertiary/aromatic N) is 1. The van der Waals surface area contributed by atoms with E-state index < -0.39 is 27.8 Å². The highest BCUT2D eigenvalue weighted by molar-refractivity contribution is 7.92. The third-order valence-electron chi connectivity index (χ3n) is 2.67. The Morgan fingerprint density at radius 2 is 2.00 bits per heavy atom. The molecule has 0 aromatic heterocycles. The number of carbonyl (C=O) groups is 1. The largest absolute Gasteiger partial charge is 0.357 e. The molecule has 1 amide bonds. The Hall–Kier alpha value is -1.63. The van der Waals surface area contributed by atoms with Crippen LogP contribution >= 0.6 is 0 Å². The summed E-state index contributed by atoms with van der Waals surface area (Å²) in [6.45, 7) is 1.67. The van der Waals surface area contributed by atoms with Crippen LogP contribution in [-0.4, -0.2) is 33.7 Å². The summed E-state index contributed by atoms with van der Waals surface area (Å²) in [4.78, 5) is 11.8. The fourth-order valence-electron chi connectivity index (χ4n) is 1.83. The Morgan fingerprint density at radius 3 is 2.42 bits per heavy atom.